The first-order valence-corrected chi connectivity index (χ1v) is 12.8. The quantitative estimate of drug-likeness (QED) is 0.281. The Labute approximate surface area is 224 Å². The Morgan fingerprint density at radius 2 is 1.79 bits per heavy atom. The normalized spacial score (nSPS) is 18.6. The molecule has 2 aromatic carbocycles. The summed E-state index contributed by atoms with van der Waals surface area (Å²) in [6, 6.07) is 4.65. The molecule has 4 rings (SSSR count). The van der Waals surface area contributed by atoms with E-state index in [1.54, 1.807) is 40.0 Å². The van der Waals surface area contributed by atoms with Gasteiger partial charge in [-0.25, -0.2) is 14.4 Å². The van der Waals surface area contributed by atoms with Gasteiger partial charge in [0, 0.05) is 42.7 Å². The maximum atomic E-state index is 14.9. The molecule has 1 atom stereocenters. The number of carbonyl (C=O) groups excluding carboxylic acids is 1. The minimum atomic E-state index is -4.88. The van der Waals surface area contributed by atoms with E-state index in [4.69, 9.17) is 10.5 Å². The Morgan fingerprint density at radius 1 is 1.13 bits per heavy atom. The Balaban J connectivity index is 1.71. The number of hydrogen-bond donors (Lipinski definition) is 2. The average Bonchev–Trinajstić information content (AvgIpc) is 2.87. The maximum absolute atomic E-state index is 14.9. The third-order valence-corrected chi connectivity index (χ3v) is 7.36. The molecule has 1 aliphatic rings. The first kappa shape index (κ1) is 28.4. The number of halogens is 4. The number of ether oxygens (including phenoxy) is 1. The van der Waals surface area contributed by atoms with Crippen molar-refractivity contribution in [2.24, 2.45) is 5.92 Å². The molecule has 0 bridgehead atoms. The van der Waals surface area contributed by atoms with Gasteiger partial charge < -0.3 is 20.7 Å². The molecule has 1 heterocycles. The minimum Gasteiger partial charge on any atom is -0.496 e. The standard InChI is InChI=1S/C28H33F4N5O2/c1-14(19-10-18(33)11-22(25(19)29)28(30,31)32)34-26-21-12-20(24(39-5)13-23(21)35-15(2)36-26)16-6-8-17(9-7-16)27(38)37(3)4/h10-14,16-17H,6-9,33H2,1-5H3,(H,34,35,36)/t14-,16-,17-/m1/s1. The third-order valence-electron chi connectivity index (χ3n) is 7.36. The number of nitrogens with zero attached hydrogens (tertiary/aromatic N) is 3. The Kier molecular flexibility index (Phi) is 7.90. The molecular formula is C28H33F4N5O2. The van der Waals surface area contributed by atoms with Gasteiger partial charge in [0.25, 0.3) is 0 Å². The van der Waals surface area contributed by atoms with Crippen LogP contribution in [-0.2, 0) is 11.0 Å². The van der Waals surface area contributed by atoms with Crippen LogP contribution in [0.5, 0.6) is 5.75 Å². The highest BCUT2D eigenvalue weighted by molar-refractivity contribution is 5.91. The number of anilines is 2. The summed E-state index contributed by atoms with van der Waals surface area (Å²) in [4.78, 5) is 23.1. The number of nitrogens with two attached hydrogens (primary N) is 1. The summed E-state index contributed by atoms with van der Waals surface area (Å²) in [6.07, 6.45) is -1.77. The van der Waals surface area contributed by atoms with E-state index in [2.05, 4.69) is 15.3 Å². The lowest BCUT2D eigenvalue weighted by atomic mass is 9.77. The van der Waals surface area contributed by atoms with E-state index in [-0.39, 0.29) is 29.0 Å². The molecule has 0 saturated heterocycles. The molecule has 0 aliphatic heterocycles. The number of amides is 1. The number of methoxy groups -OCH3 is 1. The molecular weight excluding hydrogens is 514 g/mol. The highest BCUT2D eigenvalue weighted by Crippen LogP contribution is 2.43. The summed E-state index contributed by atoms with van der Waals surface area (Å²) in [5.41, 5.74) is 5.40. The van der Waals surface area contributed by atoms with Crippen LogP contribution in [0, 0.1) is 18.7 Å². The fraction of sp³-hybridized carbons (Fsp3) is 0.464. The second-order valence-electron chi connectivity index (χ2n) is 10.3. The van der Waals surface area contributed by atoms with E-state index in [0.717, 1.165) is 31.2 Å². The molecule has 1 fully saturated rings. The fourth-order valence-corrected chi connectivity index (χ4v) is 5.39. The van der Waals surface area contributed by atoms with Gasteiger partial charge in [0.05, 0.1) is 24.2 Å². The molecule has 0 spiro atoms. The molecule has 1 aliphatic carbocycles. The van der Waals surface area contributed by atoms with Gasteiger partial charge >= 0.3 is 6.18 Å². The maximum Gasteiger partial charge on any atom is 0.419 e. The van der Waals surface area contributed by atoms with Gasteiger partial charge in [0.1, 0.15) is 23.2 Å². The van der Waals surface area contributed by atoms with E-state index in [1.807, 2.05) is 12.1 Å². The number of nitrogen functional groups attached to an aromatic ring is 1. The summed E-state index contributed by atoms with van der Waals surface area (Å²) >= 11 is 0. The summed E-state index contributed by atoms with van der Waals surface area (Å²) in [5, 5.41) is 3.72. The number of rotatable bonds is 6. The SMILES string of the molecule is COc1cc2nc(C)nc(N[C@H](C)c3cc(N)cc(C(F)(F)F)c3F)c2cc1[C@H]1CC[C@H](C(=O)N(C)C)CC1. The minimum absolute atomic E-state index is 0.0124. The predicted molar refractivity (Wildman–Crippen MR) is 142 cm³/mol. The van der Waals surface area contributed by atoms with Crippen molar-refractivity contribution in [1.29, 1.82) is 0 Å². The number of carbonyl (C=O) groups is 1. The summed E-state index contributed by atoms with van der Waals surface area (Å²) in [7, 11) is 5.11. The first-order chi connectivity index (χ1) is 18.3. The van der Waals surface area contributed by atoms with Crippen molar-refractivity contribution in [1.82, 2.24) is 14.9 Å². The van der Waals surface area contributed by atoms with Gasteiger partial charge in [-0.2, -0.15) is 13.2 Å². The molecule has 210 valence electrons. The zero-order chi connectivity index (χ0) is 28.6. The lowest BCUT2D eigenvalue weighted by molar-refractivity contribution is -0.140. The second kappa shape index (κ2) is 10.9. The molecule has 3 N–H and O–H groups in total. The van der Waals surface area contributed by atoms with Crippen molar-refractivity contribution in [2.45, 2.75) is 57.7 Å². The molecule has 0 unspecified atom stereocenters. The van der Waals surface area contributed by atoms with Crippen molar-refractivity contribution in [3.8, 4) is 5.75 Å². The third kappa shape index (κ3) is 5.86. The van der Waals surface area contributed by atoms with Crippen molar-refractivity contribution in [3.63, 3.8) is 0 Å². The highest BCUT2D eigenvalue weighted by atomic mass is 19.4. The summed E-state index contributed by atoms with van der Waals surface area (Å²) < 4.78 is 60.8. The van der Waals surface area contributed by atoms with Gasteiger partial charge in [0.15, 0.2) is 0 Å². The molecule has 1 amide bonds. The molecule has 3 aromatic rings. The zero-order valence-corrected chi connectivity index (χ0v) is 22.6. The Morgan fingerprint density at radius 3 is 2.38 bits per heavy atom. The molecule has 1 aromatic heterocycles. The topological polar surface area (TPSA) is 93.4 Å². The first-order valence-electron chi connectivity index (χ1n) is 12.8. The number of hydrogen-bond acceptors (Lipinski definition) is 6. The monoisotopic (exact) mass is 547 g/mol. The van der Waals surface area contributed by atoms with Crippen molar-refractivity contribution >= 4 is 28.3 Å². The van der Waals surface area contributed by atoms with Crippen LogP contribution >= 0.6 is 0 Å². The smallest absolute Gasteiger partial charge is 0.419 e. The van der Waals surface area contributed by atoms with Crippen LogP contribution in [0.25, 0.3) is 10.9 Å². The number of benzene rings is 2. The molecule has 39 heavy (non-hydrogen) atoms. The number of fused-ring (bicyclic) bond motifs is 1. The summed E-state index contributed by atoms with van der Waals surface area (Å²) in [6.45, 7) is 3.25. The van der Waals surface area contributed by atoms with E-state index in [0.29, 0.717) is 34.4 Å². The van der Waals surface area contributed by atoms with Gasteiger partial charge in [-0.15, -0.1) is 0 Å². The highest BCUT2D eigenvalue weighted by Gasteiger charge is 2.36. The lowest BCUT2D eigenvalue weighted by Gasteiger charge is -2.30. The van der Waals surface area contributed by atoms with Crippen LogP contribution in [0.1, 0.15) is 67.1 Å². The van der Waals surface area contributed by atoms with E-state index >= 15 is 0 Å². The van der Waals surface area contributed by atoms with Crippen molar-refractivity contribution < 1.29 is 27.1 Å². The molecule has 11 heteroatoms. The van der Waals surface area contributed by atoms with Gasteiger partial charge in [-0.05, 0) is 69.2 Å². The Bertz CT molecular complexity index is 1380. The van der Waals surface area contributed by atoms with Crippen LogP contribution in [0.15, 0.2) is 24.3 Å². The van der Waals surface area contributed by atoms with Crippen molar-refractivity contribution in [3.05, 3.63) is 52.6 Å². The number of aromatic nitrogens is 2. The predicted octanol–water partition coefficient (Wildman–Crippen LogP) is 6.22. The van der Waals surface area contributed by atoms with Gasteiger partial charge in [0.2, 0.25) is 5.91 Å². The van der Waals surface area contributed by atoms with Crippen LogP contribution in [0.4, 0.5) is 29.1 Å². The number of alkyl halides is 3. The summed E-state index contributed by atoms with van der Waals surface area (Å²) in [5.74, 6) is 0.339. The Hall–Kier alpha value is -3.63. The fourth-order valence-electron chi connectivity index (χ4n) is 5.39. The van der Waals surface area contributed by atoms with Gasteiger partial charge in [-0.3, -0.25) is 4.79 Å². The van der Waals surface area contributed by atoms with Gasteiger partial charge in [-0.1, -0.05) is 0 Å². The van der Waals surface area contributed by atoms with E-state index in [1.165, 1.54) is 6.07 Å². The van der Waals surface area contributed by atoms with Crippen LogP contribution < -0.4 is 15.8 Å². The largest absolute Gasteiger partial charge is 0.496 e. The molecule has 1 saturated carbocycles. The average molecular weight is 548 g/mol. The van der Waals surface area contributed by atoms with Crippen molar-refractivity contribution in [2.75, 3.05) is 32.3 Å². The molecule has 0 radical (unpaired) electrons. The van der Waals surface area contributed by atoms with E-state index < -0.39 is 23.6 Å². The second-order valence-corrected chi connectivity index (χ2v) is 10.3. The zero-order valence-electron chi connectivity index (χ0n) is 22.6. The number of aryl methyl sites for hydroxylation is 1. The van der Waals surface area contributed by atoms with Crippen LogP contribution in [-0.4, -0.2) is 42.0 Å². The van der Waals surface area contributed by atoms with Crippen LogP contribution in [0.3, 0.4) is 0 Å². The molecule has 7 nitrogen and oxygen atoms in total. The number of nitrogens with one attached hydrogen (secondary N) is 1. The van der Waals surface area contributed by atoms with Crippen LogP contribution in [0.2, 0.25) is 0 Å². The van der Waals surface area contributed by atoms with E-state index in [9.17, 15) is 22.4 Å². The lowest BCUT2D eigenvalue weighted by Crippen LogP contribution is -2.32.